The number of nitriles is 1. The Hall–Kier alpha value is -3.23. The minimum atomic E-state index is -0.739. The first-order valence-electron chi connectivity index (χ1n) is 8.36. The maximum Gasteiger partial charge on any atom is 0.301 e. The molecule has 0 spiro atoms. The summed E-state index contributed by atoms with van der Waals surface area (Å²) in [6, 6.07) is 17.8. The largest absolute Gasteiger partial charge is 0.465 e. The molecule has 0 fully saturated rings. The van der Waals surface area contributed by atoms with Crippen LogP contribution in [0.15, 0.2) is 77.6 Å². The second kappa shape index (κ2) is 7.98. The molecule has 2 aromatic carbocycles. The van der Waals surface area contributed by atoms with Crippen molar-refractivity contribution in [3.05, 3.63) is 93.7 Å². The lowest BCUT2D eigenvalue weighted by Gasteiger charge is -2.27. The minimum absolute atomic E-state index is 0.00656. The molecule has 0 saturated heterocycles. The highest BCUT2D eigenvalue weighted by molar-refractivity contribution is 6.30. The van der Waals surface area contributed by atoms with E-state index in [1.165, 1.54) is 0 Å². The molecule has 0 amide bonds. The van der Waals surface area contributed by atoms with Crippen molar-refractivity contribution in [2.75, 3.05) is 6.61 Å². The third-order valence-corrected chi connectivity index (χ3v) is 4.36. The van der Waals surface area contributed by atoms with E-state index < -0.39 is 5.92 Å². The Labute approximate surface area is 162 Å². The van der Waals surface area contributed by atoms with Crippen LogP contribution >= 0.6 is 11.6 Å². The van der Waals surface area contributed by atoms with Gasteiger partial charge < -0.3 is 15.2 Å². The SMILES string of the molecule is CCOC1=C(C#N)[C@H](c2cccc(Cl)c2)C(C(=O)c2ccccc2)=C(N)O1. The Kier molecular flexibility index (Phi) is 5.49. The van der Waals surface area contributed by atoms with Crippen LogP contribution in [0.1, 0.15) is 28.8 Å². The monoisotopic (exact) mass is 380 g/mol. The lowest BCUT2D eigenvalue weighted by Crippen LogP contribution is -2.26. The summed E-state index contributed by atoms with van der Waals surface area (Å²) in [5, 5.41) is 10.3. The van der Waals surface area contributed by atoms with Crippen molar-refractivity contribution in [3.63, 3.8) is 0 Å². The van der Waals surface area contributed by atoms with Crippen molar-refractivity contribution >= 4 is 17.4 Å². The van der Waals surface area contributed by atoms with Crippen LogP contribution in [0.25, 0.3) is 0 Å². The number of benzene rings is 2. The summed E-state index contributed by atoms with van der Waals surface area (Å²) in [7, 11) is 0. The van der Waals surface area contributed by atoms with Crippen molar-refractivity contribution in [2.45, 2.75) is 12.8 Å². The molecular weight excluding hydrogens is 364 g/mol. The van der Waals surface area contributed by atoms with E-state index in [0.29, 0.717) is 16.1 Å². The lowest BCUT2D eigenvalue weighted by molar-refractivity contribution is 0.0632. The van der Waals surface area contributed by atoms with E-state index in [4.69, 9.17) is 26.8 Å². The number of carbonyl (C=O) groups is 1. The van der Waals surface area contributed by atoms with Gasteiger partial charge in [0.25, 0.3) is 0 Å². The van der Waals surface area contributed by atoms with Gasteiger partial charge in [0, 0.05) is 10.6 Å². The minimum Gasteiger partial charge on any atom is -0.465 e. The summed E-state index contributed by atoms with van der Waals surface area (Å²) in [6.45, 7) is 2.06. The van der Waals surface area contributed by atoms with Gasteiger partial charge in [0.05, 0.1) is 18.1 Å². The summed E-state index contributed by atoms with van der Waals surface area (Å²) in [5.41, 5.74) is 7.56. The van der Waals surface area contributed by atoms with E-state index in [2.05, 4.69) is 6.07 Å². The predicted octanol–water partition coefficient (Wildman–Crippen LogP) is 4.28. The molecule has 5 nitrogen and oxygen atoms in total. The summed E-state index contributed by atoms with van der Waals surface area (Å²) >= 11 is 6.14. The van der Waals surface area contributed by atoms with Gasteiger partial charge in [-0.2, -0.15) is 5.26 Å². The molecule has 1 atom stereocenters. The second-order valence-electron chi connectivity index (χ2n) is 5.81. The van der Waals surface area contributed by atoms with Crippen molar-refractivity contribution in [1.82, 2.24) is 0 Å². The number of hydrogen-bond acceptors (Lipinski definition) is 5. The van der Waals surface area contributed by atoms with E-state index >= 15 is 0 Å². The van der Waals surface area contributed by atoms with Gasteiger partial charge in [0.1, 0.15) is 11.6 Å². The lowest BCUT2D eigenvalue weighted by atomic mass is 9.81. The highest BCUT2D eigenvalue weighted by Gasteiger charge is 2.38. The van der Waals surface area contributed by atoms with E-state index in [0.717, 1.165) is 0 Å². The summed E-state index contributed by atoms with van der Waals surface area (Å²) in [6.07, 6.45) is 0. The molecule has 3 rings (SSSR count). The highest BCUT2D eigenvalue weighted by atomic mass is 35.5. The number of allylic oxidation sites excluding steroid dienone is 2. The normalized spacial score (nSPS) is 16.6. The van der Waals surface area contributed by atoms with Crippen LogP contribution in [0.2, 0.25) is 5.02 Å². The van der Waals surface area contributed by atoms with Gasteiger partial charge in [-0.15, -0.1) is 0 Å². The number of ketones is 1. The fourth-order valence-corrected chi connectivity index (χ4v) is 3.17. The zero-order chi connectivity index (χ0) is 19.4. The standard InChI is InChI=1S/C21H17ClN2O3/c1-2-26-21-16(12-23)17(14-9-6-10-15(22)11-14)18(20(24)27-21)19(25)13-7-4-3-5-8-13/h3-11,17H,2,24H2,1H3/t17-/m0/s1. The number of carbonyl (C=O) groups excluding carboxylic acids is 1. The number of Topliss-reactive ketones (excluding diaryl/α,β-unsaturated/α-hetero) is 1. The number of ether oxygens (including phenoxy) is 2. The fraction of sp³-hybridized carbons (Fsp3) is 0.143. The van der Waals surface area contributed by atoms with Gasteiger partial charge in [-0.05, 0) is 24.6 Å². The zero-order valence-electron chi connectivity index (χ0n) is 14.6. The van der Waals surface area contributed by atoms with E-state index in [1.54, 1.807) is 55.5 Å². The van der Waals surface area contributed by atoms with E-state index in [9.17, 15) is 10.1 Å². The Morgan fingerprint density at radius 3 is 2.63 bits per heavy atom. The van der Waals surface area contributed by atoms with Crippen molar-refractivity contribution in [2.24, 2.45) is 5.73 Å². The average Bonchev–Trinajstić information content (AvgIpc) is 2.68. The smallest absolute Gasteiger partial charge is 0.301 e. The van der Waals surface area contributed by atoms with Crippen molar-refractivity contribution in [1.29, 1.82) is 5.26 Å². The van der Waals surface area contributed by atoms with E-state index in [-0.39, 0.29) is 35.4 Å². The first kappa shape index (κ1) is 18.6. The molecule has 1 aliphatic rings. The number of nitrogens with zero attached hydrogens (tertiary/aromatic N) is 1. The highest BCUT2D eigenvalue weighted by Crippen LogP contribution is 2.41. The van der Waals surface area contributed by atoms with Crippen LogP contribution in [0, 0.1) is 11.3 Å². The van der Waals surface area contributed by atoms with Crippen molar-refractivity contribution in [3.8, 4) is 6.07 Å². The number of rotatable bonds is 5. The van der Waals surface area contributed by atoms with Gasteiger partial charge in [0.15, 0.2) is 5.78 Å². The molecule has 27 heavy (non-hydrogen) atoms. The van der Waals surface area contributed by atoms with Crippen LogP contribution in [-0.4, -0.2) is 12.4 Å². The van der Waals surface area contributed by atoms with Gasteiger partial charge in [-0.3, -0.25) is 4.79 Å². The average molecular weight is 381 g/mol. The molecule has 2 aromatic rings. The Balaban J connectivity index is 2.19. The third-order valence-electron chi connectivity index (χ3n) is 4.12. The molecule has 1 heterocycles. The molecular formula is C21H17ClN2O3. The maximum absolute atomic E-state index is 13.2. The molecule has 0 aliphatic carbocycles. The zero-order valence-corrected chi connectivity index (χ0v) is 15.4. The van der Waals surface area contributed by atoms with Gasteiger partial charge in [0.2, 0.25) is 5.88 Å². The van der Waals surface area contributed by atoms with Crippen molar-refractivity contribution < 1.29 is 14.3 Å². The van der Waals surface area contributed by atoms with Gasteiger partial charge >= 0.3 is 5.95 Å². The molecule has 6 heteroatoms. The van der Waals surface area contributed by atoms with Crippen LogP contribution in [0.4, 0.5) is 0 Å². The molecule has 1 aliphatic heterocycles. The number of nitrogens with two attached hydrogens (primary N) is 1. The first-order valence-corrected chi connectivity index (χ1v) is 8.74. The van der Waals surface area contributed by atoms with Crippen LogP contribution < -0.4 is 5.73 Å². The summed E-state index contributed by atoms with van der Waals surface area (Å²) < 4.78 is 11.0. The fourth-order valence-electron chi connectivity index (χ4n) is 2.97. The molecule has 0 bridgehead atoms. The van der Waals surface area contributed by atoms with Crippen LogP contribution in [-0.2, 0) is 9.47 Å². The number of hydrogen-bond donors (Lipinski definition) is 1. The van der Waals surface area contributed by atoms with Gasteiger partial charge in [-0.25, -0.2) is 0 Å². The molecule has 136 valence electrons. The van der Waals surface area contributed by atoms with Crippen LogP contribution in [0.3, 0.4) is 0 Å². The Bertz CT molecular complexity index is 974. The topological polar surface area (TPSA) is 85.3 Å². The predicted molar refractivity (Wildman–Crippen MR) is 102 cm³/mol. The molecule has 2 N–H and O–H groups in total. The van der Waals surface area contributed by atoms with Crippen LogP contribution in [0.5, 0.6) is 0 Å². The maximum atomic E-state index is 13.2. The Morgan fingerprint density at radius 2 is 2.00 bits per heavy atom. The third kappa shape index (κ3) is 3.67. The second-order valence-corrected chi connectivity index (χ2v) is 6.25. The number of halogens is 1. The quantitative estimate of drug-likeness (QED) is 0.782. The molecule has 0 radical (unpaired) electrons. The van der Waals surface area contributed by atoms with E-state index in [1.807, 2.05) is 6.07 Å². The first-order chi connectivity index (χ1) is 13.1. The molecule has 0 aromatic heterocycles. The summed E-state index contributed by atoms with van der Waals surface area (Å²) in [5.74, 6) is -1.14. The molecule has 0 saturated carbocycles. The summed E-state index contributed by atoms with van der Waals surface area (Å²) in [4.78, 5) is 13.2. The Morgan fingerprint density at radius 1 is 1.26 bits per heavy atom. The molecule has 0 unspecified atom stereocenters. The van der Waals surface area contributed by atoms with Gasteiger partial charge in [-0.1, -0.05) is 54.1 Å².